The first-order chi connectivity index (χ1) is 11.1. The molecule has 0 aliphatic heterocycles. The highest BCUT2D eigenvalue weighted by Crippen LogP contribution is 2.24. The Morgan fingerprint density at radius 2 is 1.70 bits per heavy atom. The molecular formula is C14H15ClN8. The molecule has 0 fully saturated rings. The van der Waals surface area contributed by atoms with Gasteiger partial charge in [0.2, 0.25) is 17.8 Å². The summed E-state index contributed by atoms with van der Waals surface area (Å²) in [4.78, 5) is 15.9. The van der Waals surface area contributed by atoms with Crippen LogP contribution in [0.15, 0.2) is 30.5 Å². The van der Waals surface area contributed by atoms with E-state index in [-0.39, 0.29) is 11.9 Å². The largest absolute Gasteiger partial charge is 0.383 e. The quantitative estimate of drug-likeness (QED) is 0.521. The number of nitrogens with one attached hydrogen (secondary N) is 2. The summed E-state index contributed by atoms with van der Waals surface area (Å²) in [6.07, 6.45) is 1.74. The maximum Gasteiger partial charge on any atom is 0.229 e. The molecule has 0 saturated heterocycles. The number of hydrogen-bond acceptors (Lipinski definition) is 8. The van der Waals surface area contributed by atoms with Gasteiger partial charge in [-0.25, -0.2) is 0 Å². The highest BCUT2D eigenvalue weighted by molar-refractivity contribution is 6.31. The smallest absolute Gasteiger partial charge is 0.229 e. The molecule has 9 heteroatoms. The highest BCUT2D eigenvalue weighted by atomic mass is 35.5. The summed E-state index contributed by atoms with van der Waals surface area (Å²) in [5.74, 6) is 0.526. The third-order valence-corrected chi connectivity index (χ3v) is 3.33. The van der Waals surface area contributed by atoms with Crippen LogP contribution in [0.4, 0.5) is 23.5 Å². The second-order valence-electron chi connectivity index (χ2n) is 4.75. The number of halogens is 1. The zero-order valence-electron chi connectivity index (χ0n) is 12.1. The molecule has 0 bridgehead atoms. The Morgan fingerprint density at radius 1 is 0.957 bits per heavy atom. The highest BCUT2D eigenvalue weighted by Gasteiger charge is 2.03. The number of benzene rings is 1. The lowest BCUT2D eigenvalue weighted by atomic mass is 10.2. The van der Waals surface area contributed by atoms with Gasteiger partial charge in [-0.3, -0.25) is 4.98 Å². The van der Waals surface area contributed by atoms with Crippen LogP contribution in [0.25, 0.3) is 10.9 Å². The van der Waals surface area contributed by atoms with Crippen molar-refractivity contribution in [2.24, 2.45) is 0 Å². The number of nitrogens with zero attached hydrogens (tertiary/aromatic N) is 4. The summed E-state index contributed by atoms with van der Waals surface area (Å²) < 4.78 is 0. The Kier molecular flexibility index (Phi) is 4.24. The van der Waals surface area contributed by atoms with Crippen molar-refractivity contribution in [3.63, 3.8) is 0 Å². The van der Waals surface area contributed by atoms with Gasteiger partial charge in [-0.05, 0) is 24.3 Å². The third kappa shape index (κ3) is 3.67. The fourth-order valence-electron chi connectivity index (χ4n) is 2.14. The molecular weight excluding hydrogens is 316 g/mol. The molecule has 0 aliphatic rings. The maximum absolute atomic E-state index is 5.98. The topological polar surface area (TPSA) is 128 Å². The molecule has 23 heavy (non-hydrogen) atoms. The summed E-state index contributed by atoms with van der Waals surface area (Å²) in [7, 11) is 0. The van der Waals surface area contributed by atoms with Crippen molar-refractivity contribution < 1.29 is 0 Å². The fourth-order valence-corrected chi connectivity index (χ4v) is 2.30. The van der Waals surface area contributed by atoms with Crippen molar-refractivity contribution >= 4 is 46.0 Å². The summed E-state index contributed by atoms with van der Waals surface area (Å²) in [6.45, 7) is 1.23. The van der Waals surface area contributed by atoms with Gasteiger partial charge in [0.15, 0.2) is 0 Å². The molecule has 0 radical (unpaired) electrons. The molecule has 118 valence electrons. The number of nitrogen functional groups attached to an aromatic ring is 2. The van der Waals surface area contributed by atoms with Crippen LogP contribution >= 0.6 is 11.6 Å². The van der Waals surface area contributed by atoms with Crippen LogP contribution in [0.2, 0.25) is 5.02 Å². The fraction of sp³-hybridized carbons (Fsp3) is 0.143. The Labute approximate surface area is 137 Å². The summed E-state index contributed by atoms with van der Waals surface area (Å²) in [5.41, 5.74) is 12.8. The predicted molar refractivity (Wildman–Crippen MR) is 92.4 cm³/mol. The third-order valence-electron chi connectivity index (χ3n) is 3.10. The van der Waals surface area contributed by atoms with Crippen LogP contribution in [0.3, 0.4) is 0 Å². The lowest BCUT2D eigenvalue weighted by Crippen LogP contribution is -2.16. The Bertz CT molecular complexity index is 818. The molecule has 2 aromatic heterocycles. The molecule has 0 aliphatic carbocycles. The van der Waals surface area contributed by atoms with Crippen molar-refractivity contribution in [2.75, 3.05) is 35.2 Å². The molecule has 6 N–H and O–H groups in total. The lowest BCUT2D eigenvalue weighted by molar-refractivity contribution is 1.01. The van der Waals surface area contributed by atoms with Gasteiger partial charge < -0.3 is 22.1 Å². The zero-order chi connectivity index (χ0) is 16.2. The minimum atomic E-state index is 0.0879. The van der Waals surface area contributed by atoms with Crippen LogP contribution in [0.1, 0.15) is 0 Å². The Balaban J connectivity index is 1.63. The number of aromatic nitrogens is 4. The van der Waals surface area contributed by atoms with Gasteiger partial charge in [0.1, 0.15) is 0 Å². The van der Waals surface area contributed by atoms with Crippen LogP contribution in [0.5, 0.6) is 0 Å². The van der Waals surface area contributed by atoms with Crippen molar-refractivity contribution in [1.82, 2.24) is 19.9 Å². The van der Waals surface area contributed by atoms with Crippen LogP contribution in [-0.2, 0) is 0 Å². The minimum absolute atomic E-state index is 0.0879. The van der Waals surface area contributed by atoms with Gasteiger partial charge in [-0.1, -0.05) is 11.6 Å². The molecule has 1 aromatic carbocycles. The number of rotatable bonds is 5. The maximum atomic E-state index is 5.98. The monoisotopic (exact) mass is 330 g/mol. The number of fused-ring (bicyclic) bond motifs is 1. The number of nitrogens with two attached hydrogens (primary N) is 2. The van der Waals surface area contributed by atoms with Crippen molar-refractivity contribution in [1.29, 1.82) is 0 Å². The molecule has 0 saturated carbocycles. The van der Waals surface area contributed by atoms with Gasteiger partial charge in [0.05, 0.1) is 5.52 Å². The van der Waals surface area contributed by atoms with Crippen LogP contribution < -0.4 is 22.1 Å². The van der Waals surface area contributed by atoms with E-state index < -0.39 is 0 Å². The second kappa shape index (κ2) is 6.49. The Hall–Kier alpha value is -2.87. The SMILES string of the molecule is Nc1nc(N)nc(NCCNc2ccnc3cc(Cl)ccc23)n1. The molecule has 2 heterocycles. The van der Waals surface area contributed by atoms with E-state index in [2.05, 4.69) is 30.6 Å². The van der Waals surface area contributed by atoms with Gasteiger partial charge in [-0.2, -0.15) is 15.0 Å². The molecule has 0 amide bonds. The van der Waals surface area contributed by atoms with Crippen LogP contribution in [-0.4, -0.2) is 33.0 Å². The van der Waals surface area contributed by atoms with E-state index in [1.807, 2.05) is 24.3 Å². The summed E-state index contributed by atoms with van der Waals surface area (Å²) >= 11 is 5.98. The van der Waals surface area contributed by atoms with E-state index in [0.29, 0.717) is 24.1 Å². The van der Waals surface area contributed by atoms with E-state index in [9.17, 15) is 0 Å². The van der Waals surface area contributed by atoms with E-state index in [1.54, 1.807) is 6.20 Å². The van der Waals surface area contributed by atoms with Crippen molar-refractivity contribution in [3.8, 4) is 0 Å². The average molecular weight is 331 g/mol. The van der Waals surface area contributed by atoms with Gasteiger partial charge >= 0.3 is 0 Å². The van der Waals surface area contributed by atoms with Crippen molar-refractivity contribution in [2.45, 2.75) is 0 Å². The Morgan fingerprint density at radius 3 is 2.48 bits per heavy atom. The molecule has 3 aromatic rings. The molecule has 0 spiro atoms. The van der Waals surface area contributed by atoms with E-state index in [1.165, 1.54) is 0 Å². The molecule has 3 rings (SSSR count). The molecule has 8 nitrogen and oxygen atoms in total. The van der Waals surface area contributed by atoms with E-state index >= 15 is 0 Å². The lowest BCUT2D eigenvalue weighted by Gasteiger charge is -2.10. The van der Waals surface area contributed by atoms with Gasteiger partial charge in [-0.15, -0.1) is 0 Å². The average Bonchev–Trinajstić information content (AvgIpc) is 2.50. The van der Waals surface area contributed by atoms with Gasteiger partial charge in [0.25, 0.3) is 0 Å². The first-order valence-corrected chi connectivity index (χ1v) is 7.28. The first-order valence-electron chi connectivity index (χ1n) is 6.91. The van der Waals surface area contributed by atoms with E-state index in [0.717, 1.165) is 16.6 Å². The number of anilines is 4. The van der Waals surface area contributed by atoms with E-state index in [4.69, 9.17) is 23.1 Å². The zero-order valence-corrected chi connectivity index (χ0v) is 12.9. The summed E-state index contributed by atoms with van der Waals surface area (Å²) in [5, 5.41) is 8.03. The number of pyridine rings is 1. The molecule has 0 unspecified atom stereocenters. The minimum Gasteiger partial charge on any atom is -0.383 e. The summed E-state index contributed by atoms with van der Waals surface area (Å²) in [6, 6.07) is 7.52. The standard InChI is InChI=1S/C14H15ClN8/c15-8-1-2-9-10(3-4-18-11(9)7-8)19-5-6-20-14-22-12(16)21-13(17)23-14/h1-4,7H,5-6H2,(H,18,19)(H5,16,17,20,21,22,23). The first kappa shape index (κ1) is 15.0. The second-order valence-corrected chi connectivity index (χ2v) is 5.19. The normalized spacial score (nSPS) is 10.7. The van der Waals surface area contributed by atoms with Gasteiger partial charge in [0, 0.05) is 35.4 Å². The van der Waals surface area contributed by atoms with Crippen molar-refractivity contribution in [3.05, 3.63) is 35.5 Å². The number of hydrogen-bond donors (Lipinski definition) is 4. The molecule has 0 atom stereocenters. The van der Waals surface area contributed by atoms with Crippen LogP contribution in [0, 0.1) is 0 Å². The predicted octanol–water partition coefficient (Wildman–Crippen LogP) is 1.76.